The van der Waals surface area contributed by atoms with E-state index in [2.05, 4.69) is 5.32 Å². The summed E-state index contributed by atoms with van der Waals surface area (Å²) in [4.78, 5) is 53.4. The van der Waals surface area contributed by atoms with Crippen LogP contribution in [0.1, 0.15) is 62.4 Å². The monoisotopic (exact) mass is 702 g/mol. The molecule has 2 aromatic carbocycles. The molecule has 4 aliphatic carbocycles. The summed E-state index contributed by atoms with van der Waals surface area (Å²) in [6, 6.07) is 13.0. The second-order valence-electron chi connectivity index (χ2n) is 15.0. The third kappa shape index (κ3) is 5.55. The molecule has 4 N–H and O–H groups in total. The molecule has 3 saturated carbocycles. The molecule has 0 saturated heterocycles. The summed E-state index contributed by atoms with van der Waals surface area (Å²) < 4.78 is 34.9. The topological polar surface area (TPSA) is 154 Å². The highest BCUT2D eigenvalue weighted by Gasteiger charge is 2.76. The van der Waals surface area contributed by atoms with Crippen LogP contribution in [0.25, 0.3) is 0 Å². The molecule has 6 rings (SSSR count). The standard InChI is InChI=1S/C40H47FN2O8/c1-23-18-28-27-15-14-25-20-26(44)16-17-37(25,2)39(27,41)32(45)21-38(28,3)40(23,50-5)33(46)22-51-36(48)34-30(12-9-13-31(34)49-4)43-35(47)29(42)19-24-10-7-6-8-11-24/h6-13,16-17,20,23,27-29,32,45H,14-15,18-19,21-22,42H2,1-5H3,(H,43,47)/t23-,27+,28?,29+,32+,37+,38+,39+,40+/m1/s1. The smallest absolute Gasteiger partial charge is 0.344 e. The number of amides is 1. The lowest BCUT2D eigenvalue weighted by Crippen LogP contribution is -2.69. The minimum Gasteiger partial charge on any atom is -0.496 e. The first-order valence-corrected chi connectivity index (χ1v) is 17.5. The van der Waals surface area contributed by atoms with Gasteiger partial charge in [-0.2, -0.15) is 0 Å². The Morgan fingerprint density at radius 1 is 1.08 bits per heavy atom. The highest BCUT2D eigenvalue weighted by Crippen LogP contribution is 2.71. The molecule has 11 heteroatoms. The van der Waals surface area contributed by atoms with Crippen molar-refractivity contribution in [2.45, 2.75) is 76.3 Å². The minimum absolute atomic E-state index is 0.0703. The number of aliphatic hydroxyl groups excluding tert-OH is 1. The number of carbonyl (C=O) groups excluding carboxylic acids is 4. The summed E-state index contributed by atoms with van der Waals surface area (Å²) in [7, 11) is 2.80. The number of fused-ring (bicyclic) bond motifs is 5. The Hall–Kier alpha value is -4.19. The van der Waals surface area contributed by atoms with E-state index in [1.54, 1.807) is 19.1 Å². The van der Waals surface area contributed by atoms with E-state index in [-0.39, 0.29) is 41.5 Å². The van der Waals surface area contributed by atoms with Crippen LogP contribution >= 0.6 is 0 Å². The van der Waals surface area contributed by atoms with Gasteiger partial charge in [-0.25, -0.2) is 9.18 Å². The van der Waals surface area contributed by atoms with Crippen molar-refractivity contribution in [3.05, 3.63) is 83.5 Å². The van der Waals surface area contributed by atoms with E-state index in [0.29, 0.717) is 24.8 Å². The van der Waals surface area contributed by atoms with Gasteiger partial charge in [0.15, 0.2) is 18.1 Å². The number of hydrogen-bond acceptors (Lipinski definition) is 9. The minimum atomic E-state index is -2.06. The van der Waals surface area contributed by atoms with Gasteiger partial charge in [-0.15, -0.1) is 0 Å². The average molecular weight is 703 g/mol. The molecule has 3 fully saturated rings. The average Bonchev–Trinajstić information content (AvgIpc) is 3.33. The molecule has 9 atom stereocenters. The lowest BCUT2D eigenvalue weighted by Gasteiger charge is -2.63. The number of aliphatic hydroxyl groups is 1. The normalized spacial score (nSPS) is 34.4. The van der Waals surface area contributed by atoms with Crippen LogP contribution in [0, 0.1) is 28.6 Å². The van der Waals surface area contributed by atoms with Gasteiger partial charge in [-0.3, -0.25) is 14.4 Å². The molecule has 0 heterocycles. The Labute approximate surface area is 297 Å². The number of methoxy groups -OCH3 is 2. The summed E-state index contributed by atoms with van der Waals surface area (Å²) in [5, 5.41) is 14.5. The van der Waals surface area contributed by atoms with Crippen molar-refractivity contribution in [1.82, 2.24) is 0 Å². The number of benzene rings is 2. The number of carbonyl (C=O) groups is 4. The number of allylic oxidation sites excluding steroid dienone is 4. The molecule has 0 aliphatic heterocycles. The van der Waals surface area contributed by atoms with Gasteiger partial charge < -0.3 is 30.4 Å². The van der Waals surface area contributed by atoms with Crippen molar-refractivity contribution in [3.63, 3.8) is 0 Å². The number of alkyl halides is 1. The van der Waals surface area contributed by atoms with E-state index in [0.717, 1.165) is 5.56 Å². The van der Waals surface area contributed by atoms with Gasteiger partial charge in [0.1, 0.15) is 16.9 Å². The molecule has 2 aromatic rings. The Kier molecular flexibility index (Phi) is 9.63. The summed E-state index contributed by atoms with van der Waals surface area (Å²) >= 11 is 0. The molecular weight excluding hydrogens is 655 g/mol. The summed E-state index contributed by atoms with van der Waals surface area (Å²) in [5.41, 5.74) is 2.02. The van der Waals surface area contributed by atoms with Gasteiger partial charge in [0.2, 0.25) is 11.7 Å². The molecule has 0 aromatic heterocycles. The molecule has 51 heavy (non-hydrogen) atoms. The number of nitrogens with two attached hydrogens (primary N) is 1. The van der Waals surface area contributed by atoms with Crippen LogP contribution in [0.2, 0.25) is 0 Å². The van der Waals surface area contributed by atoms with Crippen molar-refractivity contribution in [2.24, 2.45) is 34.3 Å². The Balaban J connectivity index is 1.23. The number of esters is 1. The van der Waals surface area contributed by atoms with Crippen molar-refractivity contribution >= 4 is 29.1 Å². The van der Waals surface area contributed by atoms with Crippen molar-refractivity contribution in [2.75, 3.05) is 26.1 Å². The highest BCUT2D eigenvalue weighted by molar-refractivity contribution is 6.05. The van der Waals surface area contributed by atoms with Gasteiger partial charge in [0, 0.05) is 23.9 Å². The Bertz CT molecular complexity index is 1800. The summed E-state index contributed by atoms with van der Waals surface area (Å²) in [6.07, 6.45) is 4.56. The van der Waals surface area contributed by atoms with Crippen LogP contribution in [0.3, 0.4) is 0 Å². The number of hydrogen-bond donors (Lipinski definition) is 3. The van der Waals surface area contributed by atoms with Crippen LogP contribution in [0.15, 0.2) is 72.3 Å². The fourth-order valence-electron chi connectivity index (χ4n) is 10.2. The van der Waals surface area contributed by atoms with E-state index < -0.39 is 70.3 Å². The first kappa shape index (κ1) is 36.6. The van der Waals surface area contributed by atoms with E-state index in [1.165, 1.54) is 38.5 Å². The molecule has 0 spiro atoms. The Morgan fingerprint density at radius 3 is 2.49 bits per heavy atom. The number of ether oxygens (including phenoxy) is 3. The largest absolute Gasteiger partial charge is 0.496 e. The first-order chi connectivity index (χ1) is 24.2. The number of rotatable bonds is 10. The Morgan fingerprint density at radius 2 is 1.80 bits per heavy atom. The second-order valence-corrected chi connectivity index (χ2v) is 15.0. The van der Waals surface area contributed by atoms with Gasteiger partial charge >= 0.3 is 5.97 Å². The predicted molar refractivity (Wildman–Crippen MR) is 188 cm³/mol. The van der Waals surface area contributed by atoms with Gasteiger partial charge in [-0.1, -0.05) is 61.9 Å². The molecule has 10 nitrogen and oxygen atoms in total. The summed E-state index contributed by atoms with van der Waals surface area (Å²) in [5.74, 6) is -3.38. The zero-order valence-corrected chi connectivity index (χ0v) is 29.7. The lowest BCUT2D eigenvalue weighted by molar-refractivity contribution is -0.224. The fraction of sp³-hybridized carbons (Fsp3) is 0.500. The van der Waals surface area contributed by atoms with Crippen LogP contribution < -0.4 is 15.8 Å². The van der Waals surface area contributed by atoms with Gasteiger partial charge in [0.25, 0.3) is 0 Å². The van der Waals surface area contributed by atoms with E-state index in [4.69, 9.17) is 19.9 Å². The molecule has 0 radical (unpaired) electrons. The lowest BCUT2D eigenvalue weighted by atomic mass is 9.44. The molecule has 1 amide bonds. The van der Waals surface area contributed by atoms with E-state index >= 15 is 4.39 Å². The van der Waals surface area contributed by atoms with Crippen molar-refractivity contribution in [1.29, 1.82) is 0 Å². The fourth-order valence-corrected chi connectivity index (χ4v) is 10.2. The molecule has 272 valence electrons. The van der Waals surface area contributed by atoms with Crippen molar-refractivity contribution < 1.29 is 42.9 Å². The van der Waals surface area contributed by atoms with Crippen LogP contribution in [-0.2, 0) is 30.3 Å². The number of halogens is 1. The molecule has 4 aliphatic rings. The number of nitrogens with one attached hydrogen (secondary N) is 1. The summed E-state index contributed by atoms with van der Waals surface area (Å²) in [6.45, 7) is 4.82. The van der Waals surface area contributed by atoms with Gasteiger partial charge in [-0.05, 0) is 80.7 Å². The second kappa shape index (κ2) is 13.4. The predicted octanol–water partition coefficient (Wildman–Crippen LogP) is 4.93. The molecular formula is C40H47FN2O8. The number of Topliss-reactive ketones (excluding diaryl/α,β-unsaturated/α-hetero) is 1. The maximum absolute atomic E-state index is 17.7. The highest BCUT2D eigenvalue weighted by atomic mass is 19.1. The first-order valence-electron chi connectivity index (χ1n) is 17.5. The SMILES string of the molecule is COc1cccc(NC(=O)[C@@H](N)Cc2ccccc2)c1C(=O)OCC(=O)[C@@]1(OC)[C@H](C)CC2[C@@H]3CCC4=CC(=O)C=C[C@]4(C)[C@@]3(F)[C@@H](O)C[C@@]21C. The molecule has 1 unspecified atom stereocenters. The zero-order chi connectivity index (χ0) is 36.9. The van der Waals surface area contributed by atoms with E-state index in [9.17, 15) is 24.3 Å². The van der Waals surface area contributed by atoms with Crippen LogP contribution in [0.5, 0.6) is 5.75 Å². The van der Waals surface area contributed by atoms with Crippen molar-refractivity contribution in [3.8, 4) is 5.75 Å². The quantitative estimate of drug-likeness (QED) is 0.293. The van der Waals surface area contributed by atoms with Crippen LogP contribution in [-0.4, -0.2) is 72.8 Å². The molecule has 0 bridgehead atoms. The third-order valence-electron chi connectivity index (χ3n) is 12.6. The number of ketones is 2. The maximum atomic E-state index is 17.7. The van der Waals surface area contributed by atoms with Gasteiger partial charge in [0.05, 0.1) is 24.9 Å². The number of anilines is 1. The maximum Gasteiger partial charge on any atom is 0.344 e. The van der Waals surface area contributed by atoms with E-state index in [1.807, 2.05) is 44.2 Å². The third-order valence-corrected chi connectivity index (χ3v) is 12.6. The zero-order valence-electron chi connectivity index (χ0n) is 29.7. The van der Waals surface area contributed by atoms with Crippen LogP contribution in [0.4, 0.5) is 10.1 Å².